The Morgan fingerprint density at radius 2 is 2.00 bits per heavy atom. The van der Waals surface area contributed by atoms with Gasteiger partial charge in [0.1, 0.15) is 0 Å². The largest absolute Gasteiger partial charge is 0.0991 e. The Kier molecular flexibility index (Phi) is 5.69. The molecule has 1 fully saturated rings. The number of hydrogen-bond donors (Lipinski definition) is 0. The van der Waals surface area contributed by atoms with Crippen LogP contribution in [0.2, 0.25) is 0 Å². The van der Waals surface area contributed by atoms with Gasteiger partial charge in [0.2, 0.25) is 0 Å². The minimum atomic E-state index is 0.396. The lowest BCUT2D eigenvalue weighted by Crippen LogP contribution is -2.37. The number of allylic oxidation sites excluding steroid dienone is 5. The second kappa shape index (κ2) is 7.29. The molecule has 0 saturated heterocycles. The fourth-order valence-electron chi connectivity index (χ4n) is 6.16. The Morgan fingerprint density at radius 1 is 1.25 bits per heavy atom. The maximum Gasteiger partial charge on any atom is -0.000167 e. The van der Waals surface area contributed by atoms with Crippen molar-refractivity contribution in [3.8, 4) is 0 Å². The maximum absolute atomic E-state index is 4.00. The molecule has 0 aromatic rings. The van der Waals surface area contributed by atoms with E-state index in [9.17, 15) is 0 Å². The second-order valence-electron chi connectivity index (χ2n) is 9.17. The van der Waals surface area contributed by atoms with Gasteiger partial charge in [0.25, 0.3) is 0 Å². The van der Waals surface area contributed by atoms with Gasteiger partial charge in [-0.3, -0.25) is 0 Å². The van der Waals surface area contributed by atoms with Crippen LogP contribution >= 0.6 is 22.6 Å². The van der Waals surface area contributed by atoms with Crippen LogP contribution in [0.1, 0.15) is 78.6 Å². The van der Waals surface area contributed by atoms with Crippen molar-refractivity contribution in [3.05, 3.63) is 35.5 Å². The third kappa shape index (κ3) is 3.19. The van der Waals surface area contributed by atoms with Crippen LogP contribution in [-0.2, 0) is 0 Å². The van der Waals surface area contributed by atoms with E-state index in [1.165, 1.54) is 62.2 Å². The van der Waals surface area contributed by atoms with E-state index in [2.05, 4.69) is 56.0 Å². The van der Waals surface area contributed by atoms with Crippen molar-refractivity contribution < 1.29 is 0 Å². The third-order valence-corrected chi connectivity index (χ3v) is 8.26. The smallest absolute Gasteiger partial charge is 0.000167 e. The first-order valence-electron chi connectivity index (χ1n) is 10.0. The zero-order valence-electron chi connectivity index (χ0n) is 16.0. The van der Waals surface area contributed by atoms with Crippen molar-refractivity contribution >= 4 is 22.6 Å². The van der Waals surface area contributed by atoms with Crippen molar-refractivity contribution in [2.24, 2.45) is 22.7 Å². The molecule has 0 spiro atoms. The molecule has 0 bridgehead atoms. The molecule has 3 atom stereocenters. The van der Waals surface area contributed by atoms with Crippen molar-refractivity contribution in [1.82, 2.24) is 0 Å². The molecule has 1 unspecified atom stereocenters. The number of hydrogen-bond acceptors (Lipinski definition) is 0. The Labute approximate surface area is 163 Å². The summed E-state index contributed by atoms with van der Waals surface area (Å²) in [5, 5.41) is 0. The molecule has 0 amide bonds. The summed E-state index contributed by atoms with van der Waals surface area (Å²) in [5.74, 6) is 1.77. The Bertz CT molecular complexity index is 550. The monoisotopic (exact) mass is 438 g/mol. The number of alkyl halides is 1. The summed E-state index contributed by atoms with van der Waals surface area (Å²) in [6, 6.07) is 0. The molecule has 0 radical (unpaired) electrons. The first-order chi connectivity index (χ1) is 11.4. The molecule has 134 valence electrons. The first kappa shape index (κ1) is 18.7. The summed E-state index contributed by atoms with van der Waals surface area (Å²) >= 11 is 2.52. The number of rotatable bonds is 5. The van der Waals surface area contributed by atoms with E-state index < -0.39 is 0 Å². The molecular formula is C23H35I. The fourth-order valence-corrected chi connectivity index (χ4v) is 6.54. The van der Waals surface area contributed by atoms with Crippen molar-refractivity contribution in [3.63, 3.8) is 0 Å². The van der Waals surface area contributed by atoms with Gasteiger partial charge < -0.3 is 0 Å². The van der Waals surface area contributed by atoms with E-state index in [4.69, 9.17) is 0 Å². The second-order valence-corrected chi connectivity index (χ2v) is 10.2. The summed E-state index contributed by atoms with van der Waals surface area (Å²) < 4.78 is 1.26. The van der Waals surface area contributed by atoms with Gasteiger partial charge in [0, 0.05) is 0 Å². The summed E-state index contributed by atoms with van der Waals surface area (Å²) in [6.45, 7) is 11.7. The highest BCUT2D eigenvalue weighted by atomic mass is 127. The van der Waals surface area contributed by atoms with Gasteiger partial charge in [-0.25, -0.2) is 0 Å². The van der Waals surface area contributed by atoms with Gasteiger partial charge in [0.15, 0.2) is 0 Å². The van der Waals surface area contributed by atoms with Crippen molar-refractivity contribution in [1.29, 1.82) is 0 Å². The van der Waals surface area contributed by atoms with Crippen LogP contribution in [-0.4, -0.2) is 4.43 Å². The predicted octanol–water partition coefficient (Wildman–Crippen LogP) is 7.65. The number of halogens is 1. The highest BCUT2D eigenvalue weighted by Gasteiger charge is 2.52. The molecule has 24 heavy (non-hydrogen) atoms. The zero-order chi connectivity index (χ0) is 17.4. The van der Waals surface area contributed by atoms with Gasteiger partial charge in [-0.15, -0.1) is 0 Å². The van der Waals surface area contributed by atoms with E-state index in [-0.39, 0.29) is 0 Å². The highest BCUT2D eigenvalue weighted by Crippen LogP contribution is 2.63. The van der Waals surface area contributed by atoms with Crippen LogP contribution in [0, 0.1) is 22.7 Å². The molecule has 0 aromatic carbocycles. The van der Waals surface area contributed by atoms with Crippen LogP contribution in [0.5, 0.6) is 0 Å². The molecule has 3 aliphatic rings. The molecule has 1 saturated carbocycles. The summed E-state index contributed by atoms with van der Waals surface area (Å²) in [4.78, 5) is 0. The molecule has 0 nitrogen and oxygen atoms in total. The van der Waals surface area contributed by atoms with Crippen LogP contribution in [0.3, 0.4) is 0 Å². The zero-order valence-corrected chi connectivity index (χ0v) is 18.1. The Hall–Kier alpha value is -0.0500. The molecule has 0 N–H and O–H groups in total. The minimum absolute atomic E-state index is 0.396. The van der Waals surface area contributed by atoms with Gasteiger partial charge in [-0.05, 0) is 84.9 Å². The topological polar surface area (TPSA) is 0 Å². The summed E-state index contributed by atoms with van der Waals surface area (Å²) in [7, 11) is 0. The average Bonchev–Trinajstić information content (AvgIpc) is 2.79. The van der Waals surface area contributed by atoms with Crippen LogP contribution in [0.15, 0.2) is 35.5 Å². The molecule has 0 aliphatic heterocycles. The van der Waals surface area contributed by atoms with Crippen LogP contribution < -0.4 is 0 Å². The molecule has 3 rings (SSSR count). The van der Waals surface area contributed by atoms with Gasteiger partial charge in [0.05, 0.1) is 0 Å². The maximum atomic E-state index is 4.00. The van der Waals surface area contributed by atoms with E-state index >= 15 is 0 Å². The highest BCUT2D eigenvalue weighted by molar-refractivity contribution is 14.1. The average molecular weight is 438 g/mol. The van der Waals surface area contributed by atoms with Gasteiger partial charge in [-0.2, -0.15) is 0 Å². The molecule has 0 heterocycles. The van der Waals surface area contributed by atoms with Gasteiger partial charge in [-0.1, -0.05) is 78.8 Å². The number of fused-ring (bicyclic) bond motifs is 2. The van der Waals surface area contributed by atoms with E-state index in [1.807, 2.05) is 17.2 Å². The minimum Gasteiger partial charge on any atom is -0.0991 e. The van der Waals surface area contributed by atoms with Gasteiger partial charge >= 0.3 is 0 Å². The van der Waals surface area contributed by atoms with E-state index in [1.54, 1.807) is 5.57 Å². The lowest BCUT2D eigenvalue weighted by molar-refractivity contribution is 0.0923. The molecular weight excluding hydrogens is 403 g/mol. The van der Waals surface area contributed by atoms with Crippen molar-refractivity contribution in [2.75, 3.05) is 4.43 Å². The van der Waals surface area contributed by atoms with Crippen LogP contribution in [0.4, 0.5) is 0 Å². The lowest BCUT2D eigenvalue weighted by atomic mass is 9.58. The summed E-state index contributed by atoms with van der Waals surface area (Å²) in [6.07, 6.45) is 16.8. The quantitative estimate of drug-likeness (QED) is 0.179. The first-order valence-corrected chi connectivity index (χ1v) is 11.6. The van der Waals surface area contributed by atoms with E-state index in [0.29, 0.717) is 10.8 Å². The van der Waals surface area contributed by atoms with Crippen LogP contribution in [0.25, 0.3) is 0 Å². The van der Waals surface area contributed by atoms with E-state index in [0.717, 1.165) is 11.8 Å². The normalized spacial score (nSPS) is 35.6. The third-order valence-electron chi connectivity index (χ3n) is 7.50. The SMILES string of the molecule is C=C/C=C(\CCCI)[C@@]1(C)CC[C@@H]2C3=C(CCCC3)C(C)(C)C2C1. The summed E-state index contributed by atoms with van der Waals surface area (Å²) in [5.41, 5.74) is 6.28. The molecule has 3 aliphatic carbocycles. The molecule has 1 heteroatoms. The Balaban J connectivity index is 1.86. The molecule has 0 aromatic heterocycles. The fraction of sp³-hybridized carbons (Fsp3) is 0.739. The lowest BCUT2D eigenvalue weighted by Gasteiger charge is -2.47. The van der Waals surface area contributed by atoms with Crippen molar-refractivity contribution in [2.45, 2.75) is 78.6 Å². The predicted molar refractivity (Wildman–Crippen MR) is 115 cm³/mol. The Morgan fingerprint density at radius 3 is 2.71 bits per heavy atom. The standard InChI is InChI=1S/C23H35I/c1-5-9-17(10-8-15-24)23(4)14-13-19-18-11-6-7-12-20(18)22(2,3)21(19)16-23/h5,9,19,21H,1,6-8,10-16H2,2-4H3/b17-9+/t19-,21?,23+/m1/s1.